The molecule has 0 saturated heterocycles. The van der Waals surface area contributed by atoms with Gasteiger partial charge in [0, 0.05) is 27.8 Å². The summed E-state index contributed by atoms with van der Waals surface area (Å²) in [4.78, 5) is 12.9. The smallest absolute Gasteiger partial charge is 0.243 e. The van der Waals surface area contributed by atoms with E-state index in [1.54, 1.807) is 42.5 Å². The normalized spacial score (nSPS) is 11.5. The lowest BCUT2D eigenvalue weighted by Gasteiger charge is -2.23. The predicted octanol–water partition coefficient (Wildman–Crippen LogP) is 5.79. The van der Waals surface area contributed by atoms with Crippen LogP contribution in [-0.2, 0) is 21.4 Å². The van der Waals surface area contributed by atoms with E-state index in [1.165, 1.54) is 25.3 Å². The van der Waals surface area contributed by atoms with E-state index in [2.05, 4.69) is 5.32 Å². The summed E-state index contributed by atoms with van der Waals surface area (Å²) in [6.45, 7) is 1.19. The van der Waals surface area contributed by atoms with Crippen LogP contribution in [0, 0.1) is 6.92 Å². The Labute approximate surface area is 208 Å². The summed E-state index contributed by atoms with van der Waals surface area (Å²) < 4.78 is 33.0. The van der Waals surface area contributed by atoms with Gasteiger partial charge in [-0.3, -0.25) is 4.79 Å². The number of rotatable bonds is 8. The second kappa shape index (κ2) is 10.8. The van der Waals surface area contributed by atoms with Gasteiger partial charge in [0.15, 0.2) is 0 Å². The molecule has 0 heterocycles. The number of halogens is 3. The van der Waals surface area contributed by atoms with Crippen molar-refractivity contribution in [1.82, 2.24) is 4.31 Å². The first-order valence-electron chi connectivity index (χ1n) is 9.75. The minimum absolute atomic E-state index is 0.0524. The fraction of sp³-hybridized carbons (Fsp3) is 0.174. The number of amides is 1. The van der Waals surface area contributed by atoms with Crippen LogP contribution in [0.25, 0.3) is 0 Å². The zero-order valence-electron chi connectivity index (χ0n) is 17.8. The number of aryl methyl sites for hydroxylation is 1. The number of hydrogen-bond donors (Lipinski definition) is 1. The Kier molecular flexibility index (Phi) is 8.26. The molecule has 0 fully saturated rings. The van der Waals surface area contributed by atoms with Crippen molar-refractivity contribution in [2.24, 2.45) is 0 Å². The van der Waals surface area contributed by atoms with Gasteiger partial charge in [-0.05, 0) is 49.4 Å². The third-order valence-corrected chi connectivity index (χ3v) is 7.62. The number of sulfonamides is 1. The third kappa shape index (κ3) is 6.19. The SMILES string of the molecule is COc1ccc(NC(=O)CN(Cc2c(Cl)cccc2Cl)S(=O)(=O)c2ccc(C)cc2)cc1Cl. The van der Waals surface area contributed by atoms with E-state index < -0.39 is 22.5 Å². The van der Waals surface area contributed by atoms with E-state index in [-0.39, 0.29) is 11.4 Å². The number of hydrogen-bond acceptors (Lipinski definition) is 4. The number of anilines is 1. The van der Waals surface area contributed by atoms with Crippen molar-refractivity contribution < 1.29 is 17.9 Å². The molecule has 0 radical (unpaired) electrons. The van der Waals surface area contributed by atoms with Crippen LogP contribution in [0.3, 0.4) is 0 Å². The van der Waals surface area contributed by atoms with E-state index in [0.29, 0.717) is 32.1 Å². The van der Waals surface area contributed by atoms with Crippen LogP contribution < -0.4 is 10.1 Å². The molecule has 0 aliphatic carbocycles. The number of carbonyl (C=O) groups excluding carboxylic acids is 1. The maximum atomic E-state index is 13.4. The fourth-order valence-electron chi connectivity index (χ4n) is 3.05. The first-order valence-corrected chi connectivity index (χ1v) is 12.3. The van der Waals surface area contributed by atoms with Gasteiger partial charge >= 0.3 is 0 Å². The average Bonchev–Trinajstić information content (AvgIpc) is 2.76. The van der Waals surface area contributed by atoms with Crippen molar-refractivity contribution in [3.8, 4) is 5.75 Å². The number of carbonyl (C=O) groups is 1. The average molecular weight is 528 g/mol. The standard InChI is InChI=1S/C23H21Cl3N2O4S/c1-15-6-9-17(10-7-15)33(30,31)28(13-18-19(24)4-3-5-20(18)25)14-23(29)27-16-8-11-22(32-2)21(26)12-16/h3-12H,13-14H2,1-2H3,(H,27,29). The molecule has 1 N–H and O–H groups in total. The van der Waals surface area contributed by atoms with Crippen LogP contribution in [0.5, 0.6) is 5.75 Å². The van der Waals surface area contributed by atoms with Crippen LogP contribution >= 0.6 is 34.8 Å². The summed E-state index contributed by atoms with van der Waals surface area (Å²) in [5, 5.41) is 3.57. The highest BCUT2D eigenvalue weighted by Crippen LogP contribution is 2.29. The van der Waals surface area contributed by atoms with Gasteiger partial charge in [-0.1, -0.05) is 58.6 Å². The highest BCUT2D eigenvalue weighted by Gasteiger charge is 2.28. The van der Waals surface area contributed by atoms with E-state index >= 15 is 0 Å². The number of ether oxygens (including phenoxy) is 1. The molecule has 3 aromatic rings. The number of methoxy groups -OCH3 is 1. The van der Waals surface area contributed by atoms with Gasteiger partial charge in [-0.15, -0.1) is 0 Å². The Balaban J connectivity index is 1.91. The number of benzene rings is 3. The largest absolute Gasteiger partial charge is 0.495 e. The molecular weight excluding hydrogens is 507 g/mol. The van der Waals surface area contributed by atoms with Gasteiger partial charge in [0.05, 0.1) is 23.6 Å². The van der Waals surface area contributed by atoms with Gasteiger partial charge in [0.1, 0.15) is 5.75 Å². The van der Waals surface area contributed by atoms with Crippen LogP contribution in [-0.4, -0.2) is 32.3 Å². The minimum atomic E-state index is -4.05. The summed E-state index contributed by atoms with van der Waals surface area (Å²) in [6.07, 6.45) is 0. The van der Waals surface area contributed by atoms with E-state index in [1.807, 2.05) is 6.92 Å². The summed E-state index contributed by atoms with van der Waals surface area (Å²) in [5.74, 6) is -0.110. The van der Waals surface area contributed by atoms with Gasteiger partial charge in [0.2, 0.25) is 15.9 Å². The molecule has 0 spiro atoms. The third-order valence-electron chi connectivity index (χ3n) is 4.81. The van der Waals surface area contributed by atoms with E-state index in [4.69, 9.17) is 39.5 Å². The molecule has 10 heteroatoms. The Hall–Kier alpha value is -2.29. The topological polar surface area (TPSA) is 75.7 Å². The van der Waals surface area contributed by atoms with Crippen LogP contribution in [0.2, 0.25) is 15.1 Å². The lowest BCUT2D eigenvalue weighted by atomic mass is 10.2. The number of nitrogens with zero attached hydrogens (tertiary/aromatic N) is 1. The van der Waals surface area contributed by atoms with Crippen molar-refractivity contribution in [1.29, 1.82) is 0 Å². The molecule has 0 aromatic heterocycles. The summed E-state index contributed by atoms with van der Waals surface area (Å²) in [5.41, 5.74) is 1.70. The van der Waals surface area contributed by atoms with Crippen molar-refractivity contribution in [2.75, 3.05) is 19.0 Å². The first-order chi connectivity index (χ1) is 15.6. The molecule has 0 unspecified atom stereocenters. The maximum absolute atomic E-state index is 13.4. The molecule has 3 rings (SSSR count). The summed E-state index contributed by atoms with van der Waals surface area (Å²) in [7, 11) is -2.57. The molecule has 6 nitrogen and oxygen atoms in total. The molecule has 33 heavy (non-hydrogen) atoms. The molecule has 0 atom stereocenters. The molecule has 1 amide bonds. The van der Waals surface area contributed by atoms with Gasteiger partial charge < -0.3 is 10.1 Å². The Bertz CT molecular complexity index is 1240. The van der Waals surface area contributed by atoms with Crippen molar-refractivity contribution in [3.05, 3.63) is 86.9 Å². The Morgan fingerprint density at radius 3 is 2.18 bits per heavy atom. The fourth-order valence-corrected chi connectivity index (χ4v) is 5.19. The highest BCUT2D eigenvalue weighted by molar-refractivity contribution is 7.89. The van der Waals surface area contributed by atoms with Crippen LogP contribution in [0.4, 0.5) is 5.69 Å². The first kappa shape index (κ1) is 25.3. The van der Waals surface area contributed by atoms with Crippen LogP contribution in [0.1, 0.15) is 11.1 Å². The molecule has 0 saturated carbocycles. The Morgan fingerprint density at radius 1 is 0.970 bits per heavy atom. The minimum Gasteiger partial charge on any atom is -0.495 e. The summed E-state index contributed by atoms with van der Waals surface area (Å²) >= 11 is 18.7. The molecule has 0 aliphatic rings. The predicted molar refractivity (Wildman–Crippen MR) is 132 cm³/mol. The van der Waals surface area contributed by atoms with Crippen molar-refractivity contribution in [3.63, 3.8) is 0 Å². The molecule has 0 bridgehead atoms. The second-order valence-electron chi connectivity index (χ2n) is 7.18. The van der Waals surface area contributed by atoms with Gasteiger partial charge in [-0.25, -0.2) is 8.42 Å². The lowest BCUT2D eigenvalue weighted by molar-refractivity contribution is -0.116. The van der Waals surface area contributed by atoms with Crippen molar-refractivity contribution >= 4 is 56.4 Å². The van der Waals surface area contributed by atoms with Crippen LogP contribution in [0.15, 0.2) is 65.6 Å². The zero-order chi connectivity index (χ0) is 24.2. The quantitative estimate of drug-likeness (QED) is 0.402. The summed E-state index contributed by atoms with van der Waals surface area (Å²) in [6, 6.07) is 16.0. The molecule has 3 aromatic carbocycles. The Morgan fingerprint density at radius 2 is 1.61 bits per heavy atom. The van der Waals surface area contributed by atoms with E-state index in [0.717, 1.165) is 9.87 Å². The zero-order valence-corrected chi connectivity index (χ0v) is 20.9. The second-order valence-corrected chi connectivity index (χ2v) is 10.3. The molecule has 0 aliphatic heterocycles. The van der Waals surface area contributed by atoms with Crippen molar-refractivity contribution in [2.45, 2.75) is 18.4 Å². The van der Waals surface area contributed by atoms with Gasteiger partial charge in [-0.2, -0.15) is 4.31 Å². The monoisotopic (exact) mass is 526 g/mol. The lowest BCUT2D eigenvalue weighted by Crippen LogP contribution is -2.37. The van der Waals surface area contributed by atoms with Gasteiger partial charge in [0.25, 0.3) is 0 Å². The molecule has 174 valence electrons. The highest BCUT2D eigenvalue weighted by atomic mass is 35.5. The molecular formula is C23H21Cl3N2O4S. The number of nitrogens with one attached hydrogen (secondary N) is 1. The maximum Gasteiger partial charge on any atom is 0.243 e. The van der Waals surface area contributed by atoms with E-state index in [9.17, 15) is 13.2 Å².